The van der Waals surface area contributed by atoms with E-state index in [0.29, 0.717) is 6.61 Å². The van der Waals surface area contributed by atoms with Crippen LogP contribution in [0.4, 0.5) is 0 Å². The van der Waals surface area contributed by atoms with Gasteiger partial charge in [0, 0.05) is 5.56 Å². The number of benzene rings is 3. The Morgan fingerprint density at radius 2 is 1.46 bits per heavy atom. The monoisotopic (exact) mass is 469 g/mol. The highest BCUT2D eigenvalue weighted by atomic mass is 16.5. The fraction of sp³-hybridized carbons (Fsp3) is 0.455. The Morgan fingerprint density at radius 3 is 2.20 bits per heavy atom. The first-order chi connectivity index (χ1) is 16.8. The fourth-order valence-corrected chi connectivity index (χ4v) is 5.47. The number of fused-ring (bicyclic) bond motifs is 1. The number of rotatable bonds is 9. The lowest BCUT2D eigenvalue weighted by Crippen LogP contribution is -2.33. The molecule has 0 bridgehead atoms. The second-order valence-corrected chi connectivity index (χ2v) is 11.3. The molecule has 3 aromatic rings. The Labute approximate surface area is 213 Å². The standard InChI is InChI=1S/C33H43NO/c1-7-24-12-9-10-13-27(24)25-15-17-31(35-21-11-20-34-8-2)28(22-25)26-14-16-29-30(23-26)33(5,6)19-18-32(29,3)4/h9-10,12-17,22-23,34H,7-8,11,18-21H2,1-6H3. The smallest absolute Gasteiger partial charge is 0.127 e. The molecule has 0 aromatic heterocycles. The maximum Gasteiger partial charge on any atom is 0.127 e. The van der Waals surface area contributed by atoms with E-state index in [9.17, 15) is 0 Å². The van der Waals surface area contributed by atoms with E-state index in [-0.39, 0.29) is 10.8 Å². The maximum atomic E-state index is 6.38. The second-order valence-electron chi connectivity index (χ2n) is 11.3. The molecule has 2 nitrogen and oxygen atoms in total. The van der Waals surface area contributed by atoms with Gasteiger partial charge in [-0.2, -0.15) is 0 Å². The van der Waals surface area contributed by atoms with Crippen LogP contribution in [-0.4, -0.2) is 19.7 Å². The van der Waals surface area contributed by atoms with Crippen molar-refractivity contribution < 1.29 is 4.74 Å². The molecule has 0 unspecified atom stereocenters. The average molecular weight is 470 g/mol. The summed E-state index contributed by atoms with van der Waals surface area (Å²) in [5.74, 6) is 0.979. The summed E-state index contributed by atoms with van der Waals surface area (Å²) in [6.07, 6.45) is 4.47. The van der Waals surface area contributed by atoms with Crippen LogP contribution in [-0.2, 0) is 17.3 Å². The summed E-state index contributed by atoms with van der Waals surface area (Å²) < 4.78 is 6.38. The zero-order valence-electron chi connectivity index (χ0n) is 22.6. The second kappa shape index (κ2) is 10.6. The van der Waals surface area contributed by atoms with Crippen molar-refractivity contribution in [2.24, 2.45) is 0 Å². The first-order valence-electron chi connectivity index (χ1n) is 13.5. The largest absolute Gasteiger partial charge is 0.493 e. The lowest BCUT2D eigenvalue weighted by atomic mass is 9.63. The maximum absolute atomic E-state index is 6.38. The number of ether oxygens (including phenoxy) is 1. The summed E-state index contributed by atoms with van der Waals surface area (Å²) in [6, 6.07) is 22.7. The third-order valence-electron chi connectivity index (χ3n) is 7.86. The lowest BCUT2D eigenvalue weighted by Gasteiger charge is -2.42. The predicted molar refractivity (Wildman–Crippen MR) is 151 cm³/mol. The Morgan fingerprint density at radius 1 is 0.771 bits per heavy atom. The van der Waals surface area contributed by atoms with Gasteiger partial charge in [-0.25, -0.2) is 0 Å². The third-order valence-corrected chi connectivity index (χ3v) is 7.86. The minimum atomic E-state index is 0.181. The topological polar surface area (TPSA) is 21.3 Å². The van der Waals surface area contributed by atoms with Crippen molar-refractivity contribution in [2.75, 3.05) is 19.7 Å². The summed E-state index contributed by atoms with van der Waals surface area (Å²) in [5.41, 5.74) is 9.79. The molecule has 0 spiro atoms. The molecule has 0 saturated heterocycles. The molecule has 3 aromatic carbocycles. The van der Waals surface area contributed by atoms with Gasteiger partial charge in [0.15, 0.2) is 0 Å². The van der Waals surface area contributed by atoms with Crippen LogP contribution in [0.15, 0.2) is 60.7 Å². The molecule has 35 heavy (non-hydrogen) atoms. The molecule has 2 heteroatoms. The van der Waals surface area contributed by atoms with Crippen LogP contribution in [0, 0.1) is 0 Å². The molecule has 0 saturated carbocycles. The van der Waals surface area contributed by atoms with Crippen LogP contribution in [0.25, 0.3) is 22.3 Å². The third kappa shape index (κ3) is 5.48. The number of aryl methyl sites for hydroxylation is 1. The van der Waals surface area contributed by atoms with Crippen molar-refractivity contribution in [1.82, 2.24) is 5.32 Å². The lowest BCUT2D eigenvalue weighted by molar-refractivity contribution is 0.310. The van der Waals surface area contributed by atoms with Crippen molar-refractivity contribution in [3.63, 3.8) is 0 Å². The minimum Gasteiger partial charge on any atom is -0.493 e. The molecular weight excluding hydrogens is 426 g/mol. The van der Waals surface area contributed by atoms with Gasteiger partial charge in [-0.3, -0.25) is 0 Å². The van der Waals surface area contributed by atoms with Crippen LogP contribution >= 0.6 is 0 Å². The molecule has 1 aliphatic carbocycles. The first kappa shape index (κ1) is 25.5. The Kier molecular flexibility index (Phi) is 7.71. The fourth-order valence-electron chi connectivity index (χ4n) is 5.47. The summed E-state index contributed by atoms with van der Waals surface area (Å²) in [5, 5.41) is 3.39. The quantitative estimate of drug-likeness (QED) is 0.318. The molecule has 0 atom stereocenters. The van der Waals surface area contributed by atoms with E-state index in [1.165, 1.54) is 51.8 Å². The zero-order valence-corrected chi connectivity index (χ0v) is 22.6. The minimum absolute atomic E-state index is 0.181. The van der Waals surface area contributed by atoms with Crippen molar-refractivity contribution in [3.8, 4) is 28.0 Å². The van der Waals surface area contributed by atoms with Crippen molar-refractivity contribution in [1.29, 1.82) is 0 Å². The summed E-state index contributed by atoms with van der Waals surface area (Å²) in [7, 11) is 0. The van der Waals surface area contributed by atoms with Gasteiger partial charge < -0.3 is 10.1 Å². The van der Waals surface area contributed by atoms with E-state index in [4.69, 9.17) is 4.74 Å². The zero-order chi connectivity index (χ0) is 25.1. The van der Waals surface area contributed by atoms with Gasteiger partial charge >= 0.3 is 0 Å². The highest BCUT2D eigenvalue weighted by Gasteiger charge is 2.37. The van der Waals surface area contributed by atoms with Gasteiger partial charge in [0.05, 0.1) is 6.61 Å². The molecule has 1 N–H and O–H groups in total. The SMILES string of the molecule is CCNCCCOc1ccc(-c2ccccc2CC)cc1-c1ccc2c(c1)C(C)(C)CCC2(C)C. The van der Waals surface area contributed by atoms with E-state index in [0.717, 1.165) is 31.7 Å². The van der Waals surface area contributed by atoms with E-state index in [2.05, 4.69) is 108 Å². The molecule has 0 heterocycles. The van der Waals surface area contributed by atoms with E-state index < -0.39 is 0 Å². The summed E-state index contributed by atoms with van der Waals surface area (Å²) >= 11 is 0. The summed E-state index contributed by atoms with van der Waals surface area (Å²) in [4.78, 5) is 0. The molecule has 0 fully saturated rings. The molecule has 1 aliphatic rings. The van der Waals surface area contributed by atoms with Crippen molar-refractivity contribution >= 4 is 0 Å². The summed E-state index contributed by atoms with van der Waals surface area (Å²) in [6.45, 7) is 16.7. The van der Waals surface area contributed by atoms with Crippen LogP contribution < -0.4 is 10.1 Å². The predicted octanol–water partition coefficient (Wildman–Crippen LogP) is 8.31. The molecule has 186 valence electrons. The van der Waals surface area contributed by atoms with Crippen LogP contribution in [0.2, 0.25) is 0 Å². The highest BCUT2D eigenvalue weighted by molar-refractivity contribution is 5.79. The Hall–Kier alpha value is -2.58. The van der Waals surface area contributed by atoms with Crippen molar-refractivity contribution in [3.05, 3.63) is 77.4 Å². The van der Waals surface area contributed by atoms with Crippen molar-refractivity contribution in [2.45, 2.75) is 78.1 Å². The first-order valence-corrected chi connectivity index (χ1v) is 13.5. The van der Waals surface area contributed by atoms with Gasteiger partial charge in [-0.15, -0.1) is 0 Å². The van der Waals surface area contributed by atoms with E-state index in [1.54, 1.807) is 0 Å². The van der Waals surface area contributed by atoms with Gasteiger partial charge in [0.2, 0.25) is 0 Å². The molecule has 0 aliphatic heterocycles. The van der Waals surface area contributed by atoms with Gasteiger partial charge in [0.25, 0.3) is 0 Å². The number of nitrogens with one attached hydrogen (secondary N) is 1. The molecule has 0 radical (unpaired) electrons. The Bertz CT molecular complexity index is 1160. The van der Waals surface area contributed by atoms with Gasteiger partial charge in [-0.1, -0.05) is 90.1 Å². The Balaban J connectivity index is 1.79. The molecule has 0 amide bonds. The highest BCUT2D eigenvalue weighted by Crippen LogP contribution is 2.47. The number of hydrogen-bond donors (Lipinski definition) is 1. The normalized spacial score (nSPS) is 16.1. The van der Waals surface area contributed by atoms with Crippen LogP contribution in [0.1, 0.15) is 77.5 Å². The van der Waals surface area contributed by atoms with Crippen LogP contribution in [0.5, 0.6) is 5.75 Å². The van der Waals surface area contributed by atoms with E-state index >= 15 is 0 Å². The van der Waals surface area contributed by atoms with E-state index in [1.807, 2.05) is 0 Å². The average Bonchev–Trinajstić information content (AvgIpc) is 2.86. The molecule has 4 rings (SSSR count). The molecular formula is C33H43NO. The van der Waals surface area contributed by atoms with Gasteiger partial charge in [0.1, 0.15) is 5.75 Å². The van der Waals surface area contributed by atoms with Gasteiger partial charge in [-0.05, 0) is 95.1 Å². The van der Waals surface area contributed by atoms with Crippen LogP contribution in [0.3, 0.4) is 0 Å². The number of hydrogen-bond acceptors (Lipinski definition) is 2.